The van der Waals surface area contributed by atoms with Crippen LogP contribution < -0.4 is 4.74 Å². The Bertz CT molecular complexity index is 519. The van der Waals surface area contributed by atoms with Crippen molar-refractivity contribution in [3.05, 3.63) is 35.0 Å². The minimum atomic E-state index is -1.10. The fourth-order valence-corrected chi connectivity index (χ4v) is 1.84. The third-order valence-electron chi connectivity index (χ3n) is 2.67. The highest BCUT2D eigenvalue weighted by atomic mass is 16.5. The summed E-state index contributed by atoms with van der Waals surface area (Å²) in [6.45, 7) is 0. The molecule has 0 saturated heterocycles. The van der Waals surface area contributed by atoms with Crippen LogP contribution in [0.3, 0.4) is 0 Å². The van der Waals surface area contributed by atoms with Gasteiger partial charge in [0.1, 0.15) is 0 Å². The molecular weight excluding hydrogens is 222 g/mol. The Labute approximate surface area is 97.7 Å². The number of Topliss-reactive ketones (excluding diaryl/α,β-unsaturated/α-hetero) is 1. The molecule has 88 valence electrons. The molecule has 0 aromatic carbocycles. The van der Waals surface area contributed by atoms with Gasteiger partial charge in [0.2, 0.25) is 5.88 Å². The highest BCUT2D eigenvalue weighted by Crippen LogP contribution is 2.26. The van der Waals surface area contributed by atoms with Crippen LogP contribution in [0.4, 0.5) is 0 Å². The molecule has 0 saturated carbocycles. The average Bonchev–Trinajstić information content (AvgIpc) is 2.32. The zero-order chi connectivity index (χ0) is 12.4. The van der Waals surface area contributed by atoms with Crippen molar-refractivity contribution >= 4 is 11.8 Å². The fourth-order valence-electron chi connectivity index (χ4n) is 1.84. The number of carboxylic acid groups (broad SMARTS) is 1. The van der Waals surface area contributed by atoms with Crippen LogP contribution in [-0.4, -0.2) is 29.0 Å². The lowest BCUT2D eigenvalue weighted by Gasteiger charge is -2.16. The third kappa shape index (κ3) is 2.18. The summed E-state index contributed by atoms with van der Waals surface area (Å²) in [6, 6.07) is 1.71. The van der Waals surface area contributed by atoms with Gasteiger partial charge in [-0.1, -0.05) is 0 Å². The quantitative estimate of drug-likeness (QED) is 0.777. The molecule has 0 radical (unpaired) electrons. The van der Waals surface area contributed by atoms with Gasteiger partial charge in [0.15, 0.2) is 5.78 Å². The van der Waals surface area contributed by atoms with E-state index in [4.69, 9.17) is 9.84 Å². The summed E-state index contributed by atoms with van der Waals surface area (Å²) < 4.78 is 4.98. The minimum absolute atomic E-state index is 0.260. The maximum Gasteiger partial charge on any atom is 0.328 e. The maximum atomic E-state index is 11.9. The van der Waals surface area contributed by atoms with Crippen molar-refractivity contribution in [1.82, 2.24) is 4.98 Å². The van der Waals surface area contributed by atoms with E-state index >= 15 is 0 Å². The molecule has 5 nitrogen and oxygen atoms in total. The predicted octanol–water partition coefficient (Wildman–Crippen LogP) is 1.23. The number of methoxy groups -OCH3 is 1. The standard InChI is InChI=1S/C12H11NO4/c1-17-10-4-7-2-3-8(5-11(14)15)12(16)9(7)6-13-10/h4-6H,2-3H2,1H3,(H,14,15). The molecule has 0 bridgehead atoms. The Morgan fingerprint density at radius 1 is 1.53 bits per heavy atom. The second-order valence-corrected chi connectivity index (χ2v) is 3.72. The van der Waals surface area contributed by atoms with Gasteiger partial charge in [-0.25, -0.2) is 9.78 Å². The smallest absolute Gasteiger partial charge is 0.328 e. The summed E-state index contributed by atoms with van der Waals surface area (Å²) in [6.07, 6.45) is 3.46. The first-order valence-electron chi connectivity index (χ1n) is 5.13. The number of carboxylic acids is 1. The number of fused-ring (bicyclic) bond motifs is 1. The van der Waals surface area contributed by atoms with Crippen LogP contribution in [-0.2, 0) is 11.2 Å². The topological polar surface area (TPSA) is 76.5 Å². The van der Waals surface area contributed by atoms with E-state index in [0.717, 1.165) is 11.6 Å². The van der Waals surface area contributed by atoms with Crippen LogP contribution in [0.5, 0.6) is 5.88 Å². The molecule has 0 spiro atoms. The first kappa shape index (κ1) is 11.3. The number of allylic oxidation sites excluding steroid dienone is 1. The summed E-state index contributed by atoms with van der Waals surface area (Å²) in [7, 11) is 1.51. The van der Waals surface area contributed by atoms with Crippen molar-refractivity contribution in [2.45, 2.75) is 12.8 Å². The Kier molecular flexibility index (Phi) is 2.91. The minimum Gasteiger partial charge on any atom is -0.481 e. The SMILES string of the molecule is COc1cc2c(cn1)C(=O)C(=CC(=O)O)CC2. The summed E-state index contributed by atoms with van der Waals surface area (Å²) >= 11 is 0. The number of carbonyl (C=O) groups is 2. The Balaban J connectivity index is 2.40. The second-order valence-electron chi connectivity index (χ2n) is 3.72. The number of aryl methyl sites for hydroxylation is 1. The lowest BCUT2D eigenvalue weighted by atomic mass is 9.88. The molecule has 1 aliphatic carbocycles. The molecule has 5 heteroatoms. The van der Waals surface area contributed by atoms with Gasteiger partial charge >= 0.3 is 5.97 Å². The number of ketones is 1. The number of pyridine rings is 1. The molecule has 1 heterocycles. The van der Waals surface area contributed by atoms with Crippen LogP contribution in [0.2, 0.25) is 0 Å². The largest absolute Gasteiger partial charge is 0.481 e. The molecule has 1 aromatic heterocycles. The van der Waals surface area contributed by atoms with E-state index in [1.165, 1.54) is 13.3 Å². The van der Waals surface area contributed by atoms with E-state index in [1.54, 1.807) is 6.07 Å². The van der Waals surface area contributed by atoms with E-state index in [9.17, 15) is 9.59 Å². The van der Waals surface area contributed by atoms with Crippen LogP contribution in [0.1, 0.15) is 22.3 Å². The van der Waals surface area contributed by atoms with Gasteiger partial charge in [-0.3, -0.25) is 4.79 Å². The number of rotatable bonds is 2. The summed E-state index contributed by atoms with van der Waals surface area (Å²) in [4.78, 5) is 26.5. The number of hydrogen-bond donors (Lipinski definition) is 1. The highest BCUT2D eigenvalue weighted by molar-refractivity contribution is 6.12. The predicted molar refractivity (Wildman–Crippen MR) is 59.2 cm³/mol. The molecule has 1 N–H and O–H groups in total. The number of aliphatic carboxylic acids is 1. The Morgan fingerprint density at radius 3 is 2.94 bits per heavy atom. The molecule has 2 rings (SSSR count). The van der Waals surface area contributed by atoms with Crippen molar-refractivity contribution in [3.63, 3.8) is 0 Å². The Hall–Kier alpha value is -2.17. The first-order valence-corrected chi connectivity index (χ1v) is 5.13. The summed E-state index contributed by atoms with van der Waals surface area (Å²) in [5.74, 6) is -0.899. The number of aromatic nitrogens is 1. The van der Waals surface area contributed by atoms with Crippen LogP contribution >= 0.6 is 0 Å². The molecule has 0 fully saturated rings. The van der Waals surface area contributed by atoms with Gasteiger partial charge in [0, 0.05) is 29.5 Å². The number of hydrogen-bond acceptors (Lipinski definition) is 4. The van der Waals surface area contributed by atoms with E-state index in [1.807, 2.05) is 0 Å². The van der Waals surface area contributed by atoms with Crippen molar-refractivity contribution < 1.29 is 19.4 Å². The molecule has 17 heavy (non-hydrogen) atoms. The number of carbonyl (C=O) groups excluding carboxylic acids is 1. The number of nitrogens with zero attached hydrogens (tertiary/aromatic N) is 1. The summed E-state index contributed by atoms with van der Waals surface area (Å²) in [5.41, 5.74) is 1.63. The normalized spacial score (nSPS) is 16.8. The lowest BCUT2D eigenvalue weighted by Crippen LogP contribution is -2.16. The van der Waals surface area contributed by atoms with Gasteiger partial charge in [0.25, 0.3) is 0 Å². The van der Waals surface area contributed by atoms with Gasteiger partial charge in [-0.05, 0) is 18.4 Å². The van der Waals surface area contributed by atoms with Crippen molar-refractivity contribution in [2.24, 2.45) is 0 Å². The molecule has 1 aliphatic rings. The zero-order valence-electron chi connectivity index (χ0n) is 9.27. The molecule has 0 unspecified atom stereocenters. The molecule has 1 aromatic rings. The fraction of sp³-hybridized carbons (Fsp3) is 0.250. The second kappa shape index (κ2) is 4.37. The van der Waals surface area contributed by atoms with Crippen molar-refractivity contribution in [2.75, 3.05) is 7.11 Å². The van der Waals surface area contributed by atoms with Gasteiger partial charge < -0.3 is 9.84 Å². The molecular formula is C12H11NO4. The monoisotopic (exact) mass is 233 g/mol. The average molecular weight is 233 g/mol. The first-order chi connectivity index (χ1) is 8.11. The van der Waals surface area contributed by atoms with Gasteiger partial charge in [0.05, 0.1) is 7.11 Å². The molecule has 0 atom stereocenters. The van der Waals surface area contributed by atoms with Gasteiger partial charge in [-0.15, -0.1) is 0 Å². The molecule has 0 aliphatic heterocycles. The third-order valence-corrected chi connectivity index (χ3v) is 2.67. The van der Waals surface area contributed by atoms with Crippen LogP contribution in [0, 0.1) is 0 Å². The lowest BCUT2D eigenvalue weighted by molar-refractivity contribution is -0.131. The number of ether oxygens (including phenoxy) is 1. The molecule has 0 amide bonds. The zero-order valence-corrected chi connectivity index (χ0v) is 9.27. The summed E-state index contributed by atoms with van der Waals surface area (Å²) in [5, 5.41) is 8.65. The van der Waals surface area contributed by atoms with Crippen LogP contribution in [0.25, 0.3) is 0 Å². The van der Waals surface area contributed by atoms with E-state index in [-0.39, 0.29) is 5.78 Å². The van der Waals surface area contributed by atoms with Crippen molar-refractivity contribution in [1.29, 1.82) is 0 Å². The van der Waals surface area contributed by atoms with Crippen LogP contribution in [0.15, 0.2) is 23.9 Å². The van der Waals surface area contributed by atoms with E-state index in [2.05, 4.69) is 4.98 Å². The van der Waals surface area contributed by atoms with E-state index in [0.29, 0.717) is 29.9 Å². The maximum absolute atomic E-state index is 11.9. The highest BCUT2D eigenvalue weighted by Gasteiger charge is 2.23. The van der Waals surface area contributed by atoms with Gasteiger partial charge in [-0.2, -0.15) is 0 Å². The Morgan fingerprint density at radius 2 is 2.29 bits per heavy atom. The van der Waals surface area contributed by atoms with Crippen molar-refractivity contribution in [3.8, 4) is 5.88 Å². The van der Waals surface area contributed by atoms with E-state index < -0.39 is 5.97 Å².